The van der Waals surface area contributed by atoms with E-state index in [0.29, 0.717) is 5.56 Å². The van der Waals surface area contributed by atoms with Gasteiger partial charge in [-0.15, -0.1) is 11.8 Å². The SMILES string of the molecule is COCCCCCSc1nc(C)nc(C)c1C(C)=O. The maximum atomic E-state index is 11.7. The summed E-state index contributed by atoms with van der Waals surface area (Å²) in [5.41, 5.74) is 1.45. The first-order valence-electron chi connectivity index (χ1n) is 6.54. The lowest BCUT2D eigenvalue weighted by Crippen LogP contribution is -2.06. The summed E-state index contributed by atoms with van der Waals surface area (Å²) in [4.78, 5) is 20.3. The van der Waals surface area contributed by atoms with E-state index in [-0.39, 0.29) is 5.78 Å². The highest BCUT2D eigenvalue weighted by molar-refractivity contribution is 7.99. The van der Waals surface area contributed by atoms with E-state index in [1.165, 1.54) is 0 Å². The van der Waals surface area contributed by atoms with Gasteiger partial charge in [0, 0.05) is 13.7 Å². The van der Waals surface area contributed by atoms with Crippen LogP contribution in [0.1, 0.15) is 48.1 Å². The predicted octanol–water partition coefficient (Wildman–Crippen LogP) is 3.20. The van der Waals surface area contributed by atoms with Crippen molar-refractivity contribution in [2.24, 2.45) is 0 Å². The van der Waals surface area contributed by atoms with Gasteiger partial charge in [-0.3, -0.25) is 4.79 Å². The molecule has 1 rings (SSSR count). The summed E-state index contributed by atoms with van der Waals surface area (Å²) in [7, 11) is 1.72. The molecule has 0 atom stereocenters. The lowest BCUT2D eigenvalue weighted by Gasteiger charge is -2.09. The number of rotatable bonds is 8. The van der Waals surface area contributed by atoms with Crippen LogP contribution in [-0.4, -0.2) is 35.2 Å². The van der Waals surface area contributed by atoms with E-state index in [2.05, 4.69) is 9.97 Å². The molecular weight excluding hydrogens is 260 g/mol. The molecule has 1 aromatic heterocycles. The Labute approximate surface area is 119 Å². The van der Waals surface area contributed by atoms with Gasteiger partial charge in [0.05, 0.1) is 11.3 Å². The molecule has 0 aliphatic carbocycles. The highest BCUT2D eigenvalue weighted by Crippen LogP contribution is 2.24. The number of aromatic nitrogens is 2. The average molecular weight is 282 g/mol. The van der Waals surface area contributed by atoms with Crippen LogP contribution in [-0.2, 0) is 4.74 Å². The lowest BCUT2D eigenvalue weighted by molar-refractivity contribution is 0.101. The van der Waals surface area contributed by atoms with E-state index in [9.17, 15) is 4.79 Å². The van der Waals surface area contributed by atoms with E-state index in [1.54, 1.807) is 25.8 Å². The summed E-state index contributed by atoms with van der Waals surface area (Å²) >= 11 is 1.65. The van der Waals surface area contributed by atoms with Gasteiger partial charge in [-0.05, 0) is 39.4 Å². The molecule has 106 valence electrons. The Morgan fingerprint density at radius 3 is 2.58 bits per heavy atom. The van der Waals surface area contributed by atoms with Crippen LogP contribution in [0, 0.1) is 13.8 Å². The number of hydrogen-bond acceptors (Lipinski definition) is 5. The Morgan fingerprint density at radius 2 is 1.95 bits per heavy atom. The normalized spacial score (nSPS) is 10.7. The number of aryl methyl sites for hydroxylation is 2. The number of thioether (sulfide) groups is 1. The quantitative estimate of drug-likeness (QED) is 0.317. The smallest absolute Gasteiger partial charge is 0.164 e. The minimum Gasteiger partial charge on any atom is -0.385 e. The Kier molecular flexibility index (Phi) is 7.02. The topological polar surface area (TPSA) is 52.1 Å². The maximum Gasteiger partial charge on any atom is 0.164 e. The van der Waals surface area contributed by atoms with Crippen molar-refractivity contribution in [3.63, 3.8) is 0 Å². The number of ether oxygens (including phenoxy) is 1. The number of hydrogen-bond donors (Lipinski definition) is 0. The largest absolute Gasteiger partial charge is 0.385 e. The highest BCUT2D eigenvalue weighted by atomic mass is 32.2. The molecule has 0 aromatic carbocycles. The highest BCUT2D eigenvalue weighted by Gasteiger charge is 2.14. The van der Waals surface area contributed by atoms with Gasteiger partial charge in [-0.25, -0.2) is 9.97 Å². The van der Waals surface area contributed by atoms with Crippen LogP contribution in [0.15, 0.2) is 5.03 Å². The fourth-order valence-corrected chi connectivity index (χ4v) is 3.06. The standard InChI is InChI=1S/C14H22N2O2S/c1-10-13(11(2)17)14(16-12(3)15-10)19-9-7-5-6-8-18-4/h5-9H2,1-4H3. The van der Waals surface area contributed by atoms with E-state index in [1.807, 2.05) is 13.8 Å². The summed E-state index contributed by atoms with van der Waals surface area (Å²) in [5.74, 6) is 1.74. The molecular formula is C14H22N2O2S. The molecule has 4 nitrogen and oxygen atoms in total. The second-order valence-corrected chi connectivity index (χ2v) is 5.58. The van der Waals surface area contributed by atoms with Crippen molar-refractivity contribution in [2.45, 2.75) is 45.1 Å². The first kappa shape index (κ1) is 16.1. The van der Waals surface area contributed by atoms with E-state index in [4.69, 9.17) is 4.74 Å². The van der Waals surface area contributed by atoms with E-state index in [0.717, 1.165) is 48.2 Å². The van der Waals surface area contributed by atoms with Crippen molar-refractivity contribution in [3.8, 4) is 0 Å². The molecule has 0 spiro atoms. The lowest BCUT2D eigenvalue weighted by atomic mass is 10.2. The van der Waals surface area contributed by atoms with Gasteiger partial charge in [0.2, 0.25) is 0 Å². The van der Waals surface area contributed by atoms with Crippen LogP contribution in [0.2, 0.25) is 0 Å². The van der Waals surface area contributed by atoms with Crippen molar-refractivity contribution >= 4 is 17.5 Å². The molecule has 0 radical (unpaired) electrons. The second-order valence-electron chi connectivity index (χ2n) is 4.49. The fraction of sp³-hybridized carbons (Fsp3) is 0.643. The molecule has 0 saturated heterocycles. The summed E-state index contributed by atoms with van der Waals surface area (Å²) in [6.07, 6.45) is 3.32. The number of unbranched alkanes of at least 4 members (excludes halogenated alkanes) is 2. The molecule has 0 bridgehead atoms. The molecule has 1 heterocycles. The summed E-state index contributed by atoms with van der Waals surface area (Å²) < 4.78 is 5.02. The van der Waals surface area contributed by atoms with Crippen molar-refractivity contribution in [1.29, 1.82) is 0 Å². The summed E-state index contributed by atoms with van der Waals surface area (Å²) in [6.45, 7) is 6.12. The molecule has 0 aliphatic rings. The number of Topliss-reactive ketones (excluding diaryl/α,β-unsaturated/α-hetero) is 1. The molecule has 0 unspecified atom stereocenters. The minimum absolute atomic E-state index is 0.0411. The van der Waals surface area contributed by atoms with Gasteiger partial charge in [-0.2, -0.15) is 0 Å². The van der Waals surface area contributed by atoms with E-state index < -0.39 is 0 Å². The van der Waals surface area contributed by atoms with E-state index >= 15 is 0 Å². The third-order valence-corrected chi connectivity index (χ3v) is 3.81. The summed E-state index contributed by atoms with van der Waals surface area (Å²) in [5, 5.41) is 0.823. The predicted molar refractivity (Wildman–Crippen MR) is 78.0 cm³/mol. The monoisotopic (exact) mass is 282 g/mol. The van der Waals surface area contributed by atoms with Crippen molar-refractivity contribution < 1.29 is 9.53 Å². The third kappa shape index (κ3) is 5.28. The minimum atomic E-state index is 0.0411. The first-order valence-corrected chi connectivity index (χ1v) is 7.52. The third-order valence-electron chi connectivity index (χ3n) is 2.75. The number of nitrogens with zero attached hydrogens (tertiary/aromatic N) is 2. The van der Waals surface area contributed by atoms with Crippen molar-refractivity contribution in [1.82, 2.24) is 9.97 Å². The molecule has 0 amide bonds. The van der Waals surface area contributed by atoms with Crippen LogP contribution in [0.25, 0.3) is 0 Å². The Balaban J connectivity index is 2.59. The van der Waals surface area contributed by atoms with Gasteiger partial charge < -0.3 is 4.74 Å². The molecule has 0 aliphatic heterocycles. The first-order chi connectivity index (χ1) is 9.06. The Hall–Kier alpha value is -0.940. The zero-order valence-electron chi connectivity index (χ0n) is 12.2. The van der Waals surface area contributed by atoms with Gasteiger partial charge in [0.1, 0.15) is 10.9 Å². The number of methoxy groups -OCH3 is 1. The average Bonchev–Trinajstić information content (AvgIpc) is 2.32. The zero-order valence-corrected chi connectivity index (χ0v) is 13.0. The van der Waals surface area contributed by atoms with Crippen LogP contribution < -0.4 is 0 Å². The number of carbonyl (C=O) groups is 1. The van der Waals surface area contributed by atoms with Gasteiger partial charge in [0.25, 0.3) is 0 Å². The molecule has 0 fully saturated rings. The van der Waals surface area contributed by atoms with Gasteiger partial charge in [0.15, 0.2) is 5.78 Å². The van der Waals surface area contributed by atoms with Gasteiger partial charge >= 0.3 is 0 Å². The molecule has 19 heavy (non-hydrogen) atoms. The maximum absolute atomic E-state index is 11.7. The number of carbonyl (C=O) groups excluding carboxylic acids is 1. The summed E-state index contributed by atoms with van der Waals surface area (Å²) in [6, 6.07) is 0. The molecule has 5 heteroatoms. The van der Waals surface area contributed by atoms with Crippen molar-refractivity contribution in [2.75, 3.05) is 19.5 Å². The fourth-order valence-electron chi connectivity index (χ4n) is 1.89. The Bertz CT molecular complexity index is 436. The molecule has 1 aromatic rings. The van der Waals surface area contributed by atoms with Crippen LogP contribution >= 0.6 is 11.8 Å². The molecule has 0 saturated carbocycles. The van der Waals surface area contributed by atoms with Crippen LogP contribution in [0.5, 0.6) is 0 Å². The second kappa shape index (κ2) is 8.27. The molecule has 0 N–H and O–H groups in total. The van der Waals surface area contributed by atoms with Gasteiger partial charge in [-0.1, -0.05) is 6.42 Å². The van der Waals surface area contributed by atoms with Crippen molar-refractivity contribution in [3.05, 3.63) is 17.1 Å². The Morgan fingerprint density at radius 1 is 1.21 bits per heavy atom. The van der Waals surface area contributed by atoms with Crippen LogP contribution in [0.3, 0.4) is 0 Å². The van der Waals surface area contributed by atoms with Crippen LogP contribution in [0.4, 0.5) is 0 Å². The number of ketones is 1. The zero-order chi connectivity index (χ0) is 14.3.